The highest BCUT2D eigenvalue weighted by Crippen LogP contribution is 2.28. The van der Waals surface area contributed by atoms with Gasteiger partial charge in [-0.05, 0) is 51.8 Å². The zero-order chi connectivity index (χ0) is 19.4. The fraction of sp³-hybridized carbons (Fsp3) is 0.500. The van der Waals surface area contributed by atoms with Crippen molar-refractivity contribution < 1.29 is 4.79 Å². The number of hydrogen-bond donors (Lipinski definition) is 1. The van der Waals surface area contributed by atoms with E-state index in [1.165, 1.54) is 0 Å². The highest BCUT2D eigenvalue weighted by Gasteiger charge is 2.25. The van der Waals surface area contributed by atoms with Crippen LogP contribution < -0.4 is 5.32 Å². The minimum Gasteiger partial charge on any atom is -0.342 e. The lowest BCUT2D eigenvalue weighted by atomic mass is 9.93. The Kier molecular flexibility index (Phi) is 6.26. The van der Waals surface area contributed by atoms with Crippen LogP contribution in [-0.4, -0.2) is 44.7 Å². The summed E-state index contributed by atoms with van der Waals surface area (Å²) in [5.74, 6) is 1.32. The van der Waals surface area contributed by atoms with E-state index in [-0.39, 0.29) is 11.8 Å². The van der Waals surface area contributed by atoms with Crippen LogP contribution in [0.2, 0.25) is 0 Å². The quantitative estimate of drug-likeness (QED) is 0.788. The molecule has 0 aromatic carbocycles. The summed E-state index contributed by atoms with van der Waals surface area (Å²) in [6.07, 6.45) is 2.41. The van der Waals surface area contributed by atoms with Gasteiger partial charge in [0, 0.05) is 59.8 Å². The number of hydrogen-bond acceptors (Lipinski definition) is 5. The van der Waals surface area contributed by atoms with Crippen LogP contribution in [0, 0.1) is 20.8 Å². The van der Waals surface area contributed by atoms with Gasteiger partial charge in [-0.15, -0.1) is 11.6 Å². The number of likely N-dealkylation sites (tertiary alicyclic amines) is 1. The standard InChI is InChI=1S/C20H26ClN5O/c1-13-9-14(2)24-20(23-13)25-17-10-15(3)22-18(11-17)16-5-4-8-26(12-16)19(27)6-7-21/h9-11,16H,4-8,12H2,1-3H3,(H,22,23,24,25). The van der Waals surface area contributed by atoms with Gasteiger partial charge in [-0.1, -0.05) is 0 Å². The minimum atomic E-state index is 0.129. The molecule has 0 radical (unpaired) electrons. The van der Waals surface area contributed by atoms with Crippen LogP contribution >= 0.6 is 11.6 Å². The molecular formula is C20H26ClN5O. The van der Waals surface area contributed by atoms with Gasteiger partial charge in [-0.25, -0.2) is 9.97 Å². The van der Waals surface area contributed by atoms with Crippen LogP contribution in [0.3, 0.4) is 0 Å². The molecule has 144 valence electrons. The topological polar surface area (TPSA) is 71.0 Å². The van der Waals surface area contributed by atoms with Crippen LogP contribution in [0.15, 0.2) is 18.2 Å². The van der Waals surface area contributed by atoms with Crippen molar-refractivity contribution in [3.63, 3.8) is 0 Å². The predicted octanol–water partition coefficient (Wildman–Crippen LogP) is 3.88. The number of rotatable bonds is 5. The third-order valence-corrected chi connectivity index (χ3v) is 4.90. The zero-order valence-electron chi connectivity index (χ0n) is 16.1. The number of aromatic nitrogens is 3. The number of halogens is 1. The number of carbonyl (C=O) groups is 1. The third kappa shape index (κ3) is 5.16. The van der Waals surface area contributed by atoms with Gasteiger partial charge in [0.2, 0.25) is 11.9 Å². The summed E-state index contributed by atoms with van der Waals surface area (Å²) in [4.78, 5) is 27.8. The molecule has 1 atom stereocenters. The lowest BCUT2D eigenvalue weighted by Crippen LogP contribution is -2.39. The summed E-state index contributed by atoms with van der Waals surface area (Å²) in [6.45, 7) is 7.40. The molecule has 6 nitrogen and oxygen atoms in total. The molecule has 27 heavy (non-hydrogen) atoms. The molecule has 3 heterocycles. The molecule has 0 saturated carbocycles. The molecule has 1 amide bonds. The van der Waals surface area contributed by atoms with Crippen molar-refractivity contribution in [1.29, 1.82) is 0 Å². The van der Waals surface area contributed by atoms with Gasteiger partial charge in [0.1, 0.15) is 0 Å². The fourth-order valence-corrected chi connectivity index (χ4v) is 3.73. The first-order valence-corrected chi connectivity index (χ1v) is 9.89. The molecule has 0 aliphatic carbocycles. The third-order valence-electron chi connectivity index (χ3n) is 4.71. The van der Waals surface area contributed by atoms with E-state index < -0.39 is 0 Å². The Morgan fingerprint density at radius 2 is 1.85 bits per heavy atom. The summed E-state index contributed by atoms with van der Waals surface area (Å²) < 4.78 is 0. The maximum atomic E-state index is 12.2. The zero-order valence-corrected chi connectivity index (χ0v) is 16.9. The summed E-state index contributed by atoms with van der Waals surface area (Å²) in [6, 6.07) is 5.99. The van der Waals surface area contributed by atoms with E-state index in [4.69, 9.17) is 16.6 Å². The summed E-state index contributed by atoms with van der Waals surface area (Å²) >= 11 is 5.73. The second kappa shape index (κ2) is 8.65. The molecule has 1 unspecified atom stereocenters. The molecule has 2 aromatic heterocycles. The van der Waals surface area contributed by atoms with Gasteiger partial charge in [0.05, 0.1) is 0 Å². The molecule has 1 fully saturated rings. The van der Waals surface area contributed by atoms with Gasteiger partial charge in [-0.3, -0.25) is 9.78 Å². The Hall–Kier alpha value is -2.21. The van der Waals surface area contributed by atoms with Crippen LogP contribution in [0.1, 0.15) is 48.0 Å². The van der Waals surface area contributed by atoms with E-state index in [1.54, 1.807) is 0 Å². The van der Waals surface area contributed by atoms with Gasteiger partial charge < -0.3 is 10.2 Å². The first-order chi connectivity index (χ1) is 12.9. The smallest absolute Gasteiger partial charge is 0.227 e. The summed E-state index contributed by atoms with van der Waals surface area (Å²) in [5.41, 5.74) is 4.72. The number of amides is 1. The number of alkyl halides is 1. The van der Waals surface area contributed by atoms with Crippen molar-refractivity contribution >= 4 is 29.1 Å². The highest BCUT2D eigenvalue weighted by atomic mass is 35.5. The Morgan fingerprint density at radius 3 is 2.56 bits per heavy atom. The average Bonchev–Trinajstić information content (AvgIpc) is 2.60. The van der Waals surface area contributed by atoms with Crippen molar-refractivity contribution in [2.24, 2.45) is 0 Å². The molecule has 1 aliphatic rings. The van der Waals surface area contributed by atoms with Gasteiger partial charge in [0.25, 0.3) is 0 Å². The lowest BCUT2D eigenvalue weighted by Gasteiger charge is -2.32. The SMILES string of the molecule is Cc1cc(Nc2nc(C)cc(C)n2)cc(C2CCCN(C(=O)CCCl)C2)n1. The molecule has 7 heteroatoms. The second-order valence-corrected chi connectivity index (χ2v) is 7.52. The molecule has 2 aromatic rings. The maximum absolute atomic E-state index is 12.2. The number of piperidine rings is 1. The maximum Gasteiger partial charge on any atom is 0.227 e. The number of nitrogens with one attached hydrogen (secondary N) is 1. The van der Waals surface area contributed by atoms with Gasteiger partial charge in [0.15, 0.2) is 0 Å². The van der Waals surface area contributed by atoms with Crippen molar-refractivity contribution in [3.05, 3.63) is 41.0 Å². The van der Waals surface area contributed by atoms with Crippen LogP contribution in [0.25, 0.3) is 0 Å². The largest absolute Gasteiger partial charge is 0.342 e. The number of anilines is 2. The summed E-state index contributed by atoms with van der Waals surface area (Å²) in [7, 11) is 0. The van der Waals surface area contributed by atoms with E-state index in [2.05, 4.69) is 15.3 Å². The van der Waals surface area contributed by atoms with Crippen molar-refractivity contribution in [1.82, 2.24) is 19.9 Å². The van der Waals surface area contributed by atoms with Gasteiger partial charge >= 0.3 is 0 Å². The van der Waals surface area contributed by atoms with E-state index >= 15 is 0 Å². The van der Waals surface area contributed by atoms with Gasteiger partial charge in [-0.2, -0.15) is 0 Å². The van der Waals surface area contributed by atoms with Crippen LogP contribution in [-0.2, 0) is 4.79 Å². The Labute approximate surface area is 165 Å². The molecule has 1 saturated heterocycles. The molecule has 0 spiro atoms. The number of nitrogens with zero attached hydrogens (tertiary/aromatic N) is 4. The monoisotopic (exact) mass is 387 g/mol. The predicted molar refractivity (Wildman–Crippen MR) is 108 cm³/mol. The Balaban J connectivity index is 1.79. The normalized spacial score (nSPS) is 17.0. The Bertz CT molecular complexity index is 806. The molecule has 3 rings (SSSR count). The van der Waals surface area contributed by atoms with E-state index in [1.807, 2.05) is 43.9 Å². The second-order valence-electron chi connectivity index (χ2n) is 7.14. The first-order valence-electron chi connectivity index (χ1n) is 9.36. The van der Waals surface area contributed by atoms with E-state index in [9.17, 15) is 4.79 Å². The van der Waals surface area contributed by atoms with E-state index in [0.29, 0.717) is 24.8 Å². The fourth-order valence-electron chi connectivity index (χ4n) is 3.57. The molecule has 1 N–H and O–H groups in total. The average molecular weight is 388 g/mol. The van der Waals surface area contributed by atoms with Crippen LogP contribution in [0.5, 0.6) is 0 Å². The van der Waals surface area contributed by atoms with Crippen LogP contribution in [0.4, 0.5) is 11.6 Å². The lowest BCUT2D eigenvalue weighted by molar-refractivity contribution is -0.131. The number of aryl methyl sites for hydroxylation is 3. The molecule has 0 bridgehead atoms. The van der Waals surface area contributed by atoms with Crippen molar-refractivity contribution in [2.75, 3.05) is 24.3 Å². The number of carbonyl (C=O) groups excluding carboxylic acids is 1. The Morgan fingerprint density at radius 1 is 1.15 bits per heavy atom. The first kappa shape index (κ1) is 19.5. The van der Waals surface area contributed by atoms with Crippen molar-refractivity contribution in [3.8, 4) is 0 Å². The summed E-state index contributed by atoms with van der Waals surface area (Å²) in [5, 5.41) is 3.30. The van der Waals surface area contributed by atoms with Crippen molar-refractivity contribution in [2.45, 2.75) is 46.0 Å². The molecule has 1 aliphatic heterocycles. The highest BCUT2D eigenvalue weighted by molar-refractivity contribution is 6.18. The molecular weight excluding hydrogens is 362 g/mol. The van der Waals surface area contributed by atoms with E-state index in [0.717, 1.165) is 47.8 Å². The number of pyridine rings is 1. The minimum absolute atomic E-state index is 0.129.